The molecule has 0 saturated heterocycles. The average molecular weight is 297 g/mol. The number of aryl methyl sites for hydroxylation is 1. The van der Waals surface area contributed by atoms with Crippen molar-refractivity contribution in [2.75, 3.05) is 0 Å². The third-order valence-electron chi connectivity index (χ3n) is 4.25. The van der Waals surface area contributed by atoms with Gasteiger partial charge in [-0.3, -0.25) is 10.1 Å². The predicted octanol–water partition coefficient (Wildman–Crippen LogP) is 3.90. The van der Waals surface area contributed by atoms with Gasteiger partial charge in [-0.05, 0) is 36.5 Å². The number of benzene rings is 2. The normalized spacial score (nSPS) is 15.0. The molecule has 2 N–H and O–H groups in total. The third-order valence-corrected chi connectivity index (χ3v) is 4.25. The first-order valence-corrected chi connectivity index (χ1v) is 7.60. The van der Waals surface area contributed by atoms with E-state index in [1.165, 1.54) is 5.56 Å². The smallest absolute Gasteiger partial charge is 0.325 e. The highest BCUT2D eigenvalue weighted by molar-refractivity contribution is 5.76. The van der Waals surface area contributed by atoms with Crippen LogP contribution >= 0.6 is 0 Å². The summed E-state index contributed by atoms with van der Waals surface area (Å²) in [6.07, 6.45) is 0. The minimum absolute atomic E-state index is 0.0445. The molecule has 3 atom stereocenters. The lowest BCUT2D eigenvalue weighted by atomic mass is 9.92. The van der Waals surface area contributed by atoms with E-state index in [1.54, 1.807) is 0 Å². The molecule has 3 nitrogen and oxygen atoms in total. The molecule has 2 aromatic rings. The Kier molecular flexibility index (Phi) is 5.34. The molecular formula is C19H23NO2. The zero-order valence-corrected chi connectivity index (χ0v) is 13.3. The Balaban J connectivity index is 2.18. The van der Waals surface area contributed by atoms with Crippen molar-refractivity contribution >= 4 is 5.97 Å². The Labute approximate surface area is 132 Å². The Bertz CT molecular complexity index is 624. The summed E-state index contributed by atoms with van der Waals surface area (Å²) in [6.45, 7) is 6.09. The van der Waals surface area contributed by atoms with E-state index in [0.717, 1.165) is 11.1 Å². The molecule has 116 valence electrons. The highest BCUT2D eigenvalue weighted by Gasteiger charge is 2.25. The monoisotopic (exact) mass is 297 g/mol. The molecular weight excluding hydrogens is 274 g/mol. The van der Waals surface area contributed by atoms with Crippen molar-refractivity contribution in [3.63, 3.8) is 0 Å². The van der Waals surface area contributed by atoms with E-state index in [9.17, 15) is 9.90 Å². The van der Waals surface area contributed by atoms with Gasteiger partial charge < -0.3 is 5.11 Å². The fourth-order valence-corrected chi connectivity index (χ4v) is 2.66. The molecule has 0 aliphatic carbocycles. The largest absolute Gasteiger partial charge is 0.480 e. The first-order valence-electron chi connectivity index (χ1n) is 7.60. The zero-order chi connectivity index (χ0) is 16.1. The van der Waals surface area contributed by atoms with E-state index in [2.05, 4.69) is 24.4 Å². The van der Waals surface area contributed by atoms with E-state index >= 15 is 0 Å². The topological polar surface area (TPSA) is 49.3 Å². The average Bonchev–Trinajstić information content (AvgIpc) is 2.53. The molecule has 0 aliphatic heterocycles. The predicted molar refractivity (Wildman–Crippen MR) is 89.0 cm³/mol. The van der Waals surface area contributed by atoms with Crippen molar-refractivity contribution in [2.24, 2.45) is 0 Å². The molecule has 0 heterocycles. The molecule has 2 aromatic carbocycles. The van der Waals surface area contributed by atoms with E-state index in [1.807, 2.05) is 56.3 Å². The molecule has 0 unspecified atom stereocenters. The molecule has 3 heteroatoms. The maximum Gasteiger partial charge on any atom is 0.325 e. The van der Waals surface area contributed by atoms with Gasteiger partial charge in [-0.1, -0.05) is 61.5 Å². The highest BCUT2D eigenvalue weighted by atomic mass is 16.4. The first-order chi connectivity index (χ1) is 10.5. The highest BCUT2D eigenvalue weighted by Crippen LogP contribution is 2.23. The lowest BCUT2D eigenvalue weighted by molar-refractivity contribution is -0.139. The second kappa shape index (κ2) is 7.23. The molecule has 0 amide bonds. The van der Waals surface area contributed by atoms with Crippen molar-refractivity contribution in [1.29, 1.82) is 0 Å². The summed E-state index contributed by atoms with van der Waals surface area (Å²) in [6, 6.07) is 17.1. The molecule has 0 bridgehead atoms. The number of hydrogen-bond acceptors (Lipinski definition) is 2. The van der Waals surface area contributed by atoms with Gasteiger partial charge in [0.25, 0.3) is 0 Å². The van der Waals surface area contributed by atoms with Gasteiger partial charge in [0, 0.05) is 6.04 Å². The fraction of sp³-hybridized carbons (Fsp3) is 0.316. The SMILES string of the molecule is Cc1ccccc1[C@H](N[C@@H](C)[C@@H](C)c1ccccc1)C(=O)O. The van der Waals surface area contributed by atoms with Gasteiger partial charge in [0.05, 0.1) is 0 Å². The third kappa shape index (κ3) is 3.74. The minimum atomic E-state index is -0.846. The molecule has 22 heavy (non-hydrogen) atoms. The molecule has 0 fully saturated rings. The van der Waals surface area contributed by atoms with Gasteiger partial charge in [0.15, 0.2) is 0 Å². The number of rotatable bonds is 6. The van der Waals surface area contributed by atoms with E-state index in [4.69, 9.17) is 0 Å². The number of carboxylic acid groups (broad SMARTS) is 1. The van der Waals surface area contributed by atoms with Gasteiger partial charge in [-0.15, -0.1) is 0 Å². The quantitative estimate of drug-likeness (QED) is 0.850. The second-order valence-corrected chi connectivity index (χ2v) is 5.78. The standard InChI is InChI=1S/C19H23NO2/c1-13-9-7-8-12-17(13)18(19(21)22)20-15(3)14(2)16-10-5-4-6-11-16/h4-12,14-15,18,20H,1-3H3,(H,21,22)/t14-,15+,18+/m1/s1. The number of carbonyl (C=O) groups is 1. The van der Waals surface area contributed by atoms with E-state index in [-0.39, 0.29) is 12.0 Å². The Morgan fingerprint density at radius 3 is 2.18 bits per heavy atom. The summed E-state index contributed by atoms with van der Waals surface area (Å²) < 4.78 is 0. The van der Waals surface area contributed by atoms with Crippen LogP contribution in [0.3, 0.4) is 0 Å². The van der Waals surface area contributed by atoms with Gasteiger partial charge in [0.1, 0.15) is 6.04 Å². The summed E-state index contributed by atoms with van der Waals surface area (Å²) in [5.74, 6) is -0.617. The Hall–Kier alpha value is -2.13. The number of nitrogens with one attached hydrogen (secondary N) is 1. The maximum absolute atomic E-state index is 11.7. The van der Waals surface area contributed by atoms with Crippen LogP contribution in [0, 0.1) is 6.92 Å². The van der Waals surface area contributed by atoms with E-state index in [0.29, 0.717) is 0 Å². The fourth-order valence-electron chi connectivity index (χ4n) is 2.66. The van der Waals surface area contributed by atoms with Crippen LogP contribution in [0.5, 0.6) is 0 Å². The summed E-state index contributed by atoms with van der Waals surface area (Å²) in [4.78, 5) is 11.7. The second-order valence-electron chi connectivity index (χ2n) is 5.78. The zero-order valence-electron chi connectivity index (χ0n) is 13.3. The molecule has 2 rings (SSSR count). The van der Waals surface area contributed by atoms with Gasteiger partial charge in [-0.2, -0.15) is 0 Å². The summed E-state index contributed by atoms with van der Waals surface area (Å²) in [5, 5.41) is 12.9. The van der Waals surface area contributed by atoms with Crippen LogP contribution in [0.1, 0.15) is 42.5 Å². The van der Waals surface area contributed by atoms with Crippen molar-refractivity contribution in [3.05, 3.63) is 71.3 Å². The molecule has 0 spiro atoms. The van der Waals surface area contributed by atoms with Crippen LogP contribution in [0.15, 0.2) is 54.6 Å². The summed E-state index contributed by atoms with van der Waals surface area (Å²) >= 11 is 0. The van der Waals surface area contributed by atoms with Crippen LogP contribution in [0.4, 0.5) is 0 Å². The van der Waals surface area contributed by atoms with Crippen LogP contribution in [-0.4, -0.2) is 17.1 Å². The number of hydrogen-bond donors (Lipinski definition) is 2. The van der Waals surface area contributed by atoms with Crippen molar-refractivity contribution in [3.8, 4) is 0 Å². The lowest BCUT2D eigenvalue weighted by Gasteiger charge is -2.26. The summed E-state index contributed by atoms with van der Waals surface area (Å²) in [5.41, 5.74) is 3.01. The molecule has 0 aliphatic rings. The number of aliphatic carboxylic acids is 1. The van der Waals surface area contributed by atoms with Crippen molar-refractivity contribution in [2.45, 2.75) is 38.8 Å². The molecule has 0 saturated carbocycles. The number of carboxylic acids is 1. The van der Waals surface area contributed by atoms with Crippen molar-refractivity contribution in [1.82, 2.24) is 5.32 Å². The van der Waals surface area contributed by atoms with Crippen LogP contribution < -0.4 is 5.32 Å². The lowest BCUT2D eigenvalue weighted by Crippen LogP contribution is -2.38. The Morgan fingerprint density at radius 1 is 1.00 bits per heavy atom. The van der Waals surface area contributed by atoms with E-state index < -0.39 is 12.0 Å². The van der Waals surface area contributed by atoms with Gasteiger partial charge in [-0.25, -0.2) is 0 Å². The summed E-state index contributed by atoms with van der Waals surface area (Å²) in [7, 11) is 0. The van der Waals surface area contributed by atoms with Gasteiger partial charge >= 0.3 is 5.97 Å². The Morgan fingerprint density at radius 2 is 1.59 bits per heavy atom. The first kappa shape index (κ1) is 16.2. The molecule has 0 radical (unpaired) electrons. The maximum atomic E-state index is 11.7. The minimum Gasteiger partial charge on any atom is -0.480 e. The van der Waals surface area contributed by atoms with Crippen molar-refractivity contribution < 1.29 is 9.90 Å². The molecule has 0 aromatic heterocycles. The van der Waals surface area contributed by atoms with Gasteiger partial charge in [0.2, 0.25) is 0 Å². The van der Waals surface area contributed by atoms with Crippen LogP contribution in [-0.2, 0) is 4.79 Å². The van der Waals surface area contributed by atoms with Crippen LogP contribution in [0.2, 0.25) is 0 Å². The van der Waals surface area contributed by atoms with Crippen LogP contribution in [0.25, 0.3) is 0 Å².